The third-order valence-corrected chi connectivity index (χ3v) is 2.27. The first-order valence-electron chi connectivity index (χ1n) is 3.76. The summed E-state index contributed by atoms with van der Waals surface area (Å²) < 4.78 is 5.07. The molecule has 0 saturated heterocycles. The molecule has 68 valence electrons. The van der Waals surface area contributed by atoms with Gasteiger partial charge in [-0.25, -0.2) is 0 Å². The van der Waals surface area contributed by atoms with E-state index < -0.39 is 0 Å². The summed E-state index contributed by atoms with van der Waals surface area (Å²) in [4.78, 5) is 2.01. The summed E-state index contributed by atoms with van der Waals surface area (Å²) in [5.41, 5.74) is 1.61. The molecule has 0 fully saturated rings. The predicted octanol–water partition coefficient (Wildman–Crippen LogP) is 1.95. The molecule has 0 radical (unpaired) electrons. The van der Waals surface area contributed by atoms with Crippen molar-refractivity contribution in [3.05, 3.63) is 30.0 Å². The van der Waals surface area contributed by atoms with Gasteiger partial charge in [0.2, 0.25) is 0 Å². The molecule has 0 spiro atoms. The highest BCUT2D eigenvalue weighted by Gasteiger charge is 2.05. The van der Waals surface area contributed by atoms with Crippen molar-refractivity contribution >= 4 is 22.9 Å². The molecule has 2 rings (SSSR count). The van der Waals surface area contributed by atoms with Crippen molar-refractivity contribution in [2.24, 2.45) is 0 Å². The fourth-order valence-electron chi connectivity index (χ4n) is 1.14. The zero-order chi connectivity index (χ0) is 9.10. The molecule has 0 saturated carbocycles. The van der Waals surface area contributed by atoms with Gasteiger partial charge in [0.1, 0.15) is 5.69 Å². The lowest BCUT2D eigenvalue weighted by Crippen LogP contribution is -1.94. The van der Waals surface area contributed by atoms with Gasteiger partial charge in [-0.2, -0.15) is 0 Å². The highest BCUT2D eigenvalue weighted by atomic mass is 32.2. The van der Waals surface area contributed by atoms with E-state index in [0.29, 0.717) is 5.75 Å². The van der Waals surface area contributed by atoms with Gasteiger partial charge in [0.15, 0.2) is 5.58 Å². The molecule has 1 aromatic heterocycles. The minimum Gasteiger partial charge on any atom is -0.356 e. The Hall–Kier alpha value is -1.04. The van der Waals surface area contributed by atoms with E-state index in [9.17, 15) is 0 Å². The topological polar surface area (TPSA) is 58.3 Å². The highest BCUT2D eigenvalue weighted by molar-refractivity contribution is 7.96. The van der Waals surface area contributed by atoms with Gasteiger partial charge < -0.3 is 9.73 Å². The van der Waals surface area contributed by atoms with Gasteiger partial charge in [0.05, 0.1) is 5.75 Å². The smallest absolute Gasteiger partial charge is 0.167 e. The van der Waals surface area contributed by atoms with Crippen LogP contribution < -0.4 is 4.89 Å². The zero-order valence-corrected chi connectivity index (χ0v) is 7.54. The predicted molar refractivity (Wildman–Crippen MR) is 50.2 cm³/mol. The zero-order valence-electron chi connectivity index (χ0n) is 6.73. The van der Waals surface area contributed by atoms with Crippen LogP contribution in [-0.2, 0) is 5.75 Å². The summed E-state index contributed by atoms with van der Waals surface area (Å²) in [7, 11) is 0. The van der Waals surface area contributed by atoms with Crippen LogP contribution in [0.3, 0.4) is 0 Å². The van der Waals surface area contributed by atoms with Crippen molar-refractivity contribution in [1.29, 1.82) is 0 Å². The van der Waals surface area contributed by atoms with Crippen LogP contribution in [0, 0.1) is 0 Å². The third kappa shape index (κ3) is 1.67. The average molecular weight is 196 g/mol. The molecule has 0 unspecified atom stereocenters. The molecule has 4 nitrogen and oxygen atoms in total. The summed E-state index contributed by atoms with van der Waals surface area (Å²) in [6, 6.07) is 7.64. The minimum atomic E-state index is 0.577. The monoisotopic (exact) mass is 196 g/mol. The first kappa shape index (κ1) is 8.55. The largest absolute Gasteiger partial charge is 0.356 e. The van der Waals surface area contributed by atoms with E-state index >= 15 is 0 Å². The van der Waals surface area contributed by atoms with E-state index in [2.05, 4.69) is 5.16 Å². The molecule has 0 amide bonds. The lowest BCUT2D eigenvalue weighted by atomic mass is 10.2. The summed E-state index contributed by atoms with van der Waals surface area (Å²) >= 11 is 1.16. The van der Waals surface area contributed by atoms with Gasteiger partial charge in [0, 0.05) is 5.39 Å². The number of nitrogens with one attached hydrogen (secondary N) is 1. The van der Waals surface area contributed by atoms with Crippen LogP contribution >= 0.6 is 11.9 Å². The van der Waals surface area contributed by atoms with E-state index in [1.807, 2.05) is 29.2 Å². The number of nitrogens with zero attached hydrogens (tertiary/aromatic N) is 1. The molecule has 0 aliphatic heterocycles. The van der Waals surface area contributed by atoms with E-state index in [4.69, 9.17) is 9.73 Å². The Bertz CT molecular complexity index is 402. The standard InChI is InChI=1S/C8H8N2O2S/c11-10-13-5-7-6-3-1-2-4-8(6)12-9-7/h1-4,10-11H,5H2. The SMILES string of the molecule is ONSCc1noc2ccccc12. The minimum absolute atomic E-state index is 0.577. The van der Waals surface area contributed by atoms with Crippen molar-refractivity contribution < 1.29 is 9.73 Å². The van der Waals surface area contributed by atoms with E-state index in [-0.39, 0.29) is 0 Å². The molecule has 0 aliphatic carbocycles. The maximum atomic E-state index is 8.39. The molecule has 2 N–H and O–H groups in total. The van der Waals surface area contributed by atoms with Crippen molar-refractivity contribution in [3.63, 3.8) is 0 Å². The number of fused-ring (bicyclic) bond motifs is 1. The molecule has 2 aromatic rings. The molecule has 0 atom stereocenters. The molecule has 0 aliphatic rings. The van der Waals surface area contributed by atoms with Gasteiger partial charge in [0.25, 0.3) is 0 Å². The van der Waals surface area contributed by atoms with Crippen LogP contribution in [0.4, 0.5) is 0 Å². The van der Waals surface area contributed by atoms with Crippen molar-refractivity contribution in [3.8, 4) is 0 Å². The third-order valence-electron chi connectivity index (χ3n) is 1.73. The van der Waals surface area contributed by atoms with Crippen LogP contribution in [0.5, 0.6) is 0 Å². The molecular formula is C8H8N2O2S. The van der Waals surface area contributed by atoms with Crippen molar-refractivity contribution in [2.75, 3.05) is 0 Å². The van der Waals surface area contributed by atoms with Crippen LogP contribution in [0.15, 0.2) is 28.8 Å². The molecule has 0 bridgehead atoms. The summed E-state index contributed by atoms with van der Waals surface area (Å²) in [5, 5.41) is 13.3. The average Bonchev–Trinajstić information content (AvgIpc) is 2.58. The van der Waals surface area contributed by atoms with Crippen LogP contribution in [-0.4, -0.2) is 10.4 Å². The van der Waals surface area contributed by atoms with Crippen molar-refractivity contribution in [2.45, 2.75) is 5.75 Å². The second-order valence-corrected chi connectivity index (χ2v) is 3.27. The molecule has 5 heteroatoms. The maximum Gasteiger partial charge on any atom is 0.167 e. The second kappa shape index (κ2) is 3.78. The van der Waals surface area contributed by atoms with Gasteiger partial charge in [-0.1, -0.05) is 17.3 Å². The van der Waals surface area contributed by atoms with Crippen LogP contribution in [0.25, 0.3) is 11.0 Å². The number of aromatic nitrogens is 1. The van der Waals surface area contributed by atoms with E-state index in [1.54, 1.807) is 0 Å². The van der Waals surface area contributed by atoms with Gasteiger partial charge in [-0.3, -0.25) is 0 Å². The Morgan fingerprint density at radius 3 is 3.15 bits per heavy atom. The van der Waals surface area contributed by atoms with Gasteiger partial charge >= 0.3 is 0 Å². The fraction of sp³-hybridized carbons (Fsp3) is 0.125. The first-order chi connectivity index (χ1) is 6.42. The van der Waals surface area contributed by atoms with Crippen LogP contribution in [0.2, 0.25) is 0 Å². The van der Waals surface area contributed by atoms with Crippen molar-refractivity contribution in [1.82, 2.24) is 10.0 Å². The Morgan fingerprint density at radius 1 is 1.46 bits per heavy atom. The summed E-state index contributed by atoms with van der Waals surface area (Å²) in [5.74, 6) is 0.577. The number of para-hydroxylation sites is 1. The Labute approximate surface area is 79.0 Å². The highest BCUT2D eigenvalue weighted by Crippen LogP contribution is 2.20. The van der Waals surface area contributed by atoms with Crippen LogP contribution in [0.1, 0.15) is 5.69 Å². The lowest BCUT2D eigenvalue weighted by Gasteiger charge is -1.92. The fourth-order valence-corrected chi connectivity index (χ4v) is 1.55. The van der Waals surface area contributed by atoms with Gasteiger partial charge in [-0.15, -0.1) is 4.89 Å². The molecule has 13 heavy (non-hydrogen) atoms. The molecular weight excluding hydrogens is 188 g/mol. The summed E-state index contributed by atoms with van der Waals surface area (Å²) in [6.45, 7) is 0. The Morgan fingerprint density at radius 2 is 2.31 bits per heavy atom. The molecule has 1 aromatic carbocycles. The Balaban J connectivity index is 2.35. The second-order valence-electron chi connectivity index (χ2n) is 2.51. The number of rotatable bonds is 3. The van der Waals surface area contributed by atoms with E-state index in [0.717, 1.165) is 28.6 Å². The van der Waals surface area contributed by atoms with Gasteiger partial charge in [-0.05, 0) is 24.1 Å². The maximum absolute atomic E-state index is 8.39. The number of hydrogen-bond donors (Lipinski definition) is 2. The van der Waals surface area contributed by atoms with E-state index in [1.165, 1.54) is 0 Å². The normalized spacial score (nSPS) is 10.8. The lowest BCUT2D eigenvalue weighted by molar-refractivity contribution is 0.258. The Kier molecular flexibility index (Phi) is 2.49. The molecule has 1 heterocycles. The quantitative estimate of drug-likeness (QED) is 0.580. The summed E-state index contributed by atoms with van der Waals surface area (Å²) in [6.07, 6.45) is 0. The first-order valence-corrected chi connectivity index (χ1v) is 4.74. The number of benzene rings is 1. The number of hydrogen-bond acceptors (Lipinski definition) is 5.